The fourth-order valence-electron chi connectivity index (χ4n) is 2.52. The van der Waals surface area contributed by atoms with E-state index in [0.717, 1.165) is 13.1 Å². The zero-order valence-electron chi connectivity index (χ0n) is 12.2. The maximum absolute atomic E-state index is 2.34. The van der Waals surface area contributed by atoms with Gasteiger partial charge in [-0.1, -0.05) is 54.6 Å². The van der Waals surface area contributed by atoms with Gasteiger partial charge in [-0.05, 0) is 40.9 Å². The van der Waals surface area contributed by atoms with Gasteiger partial charge in [0.25, 0.3) is 0 Å². The Hall–Kier alpha value is -1.90. The highest BCUT2D eigenvalue weighted by Gasteiger charge is 2.03. The summed E-state index contributed by atoms with van der Waals surface area (Å²) in [5, 5.41) is 4.78. The quantitative estimate of drug-likeness (QED) is 0.636. The Morgan fingerprint density at radius 1 is 1.00 bits per heavy atom. The van der Waals surface area contributed by atoms with Gasteiger partial charge in [-0.3, -0.25) is 4.90 Å². The second kappa shape index (κ2) is 6.70. The van der Waals surface area contributed by atoms with Gasteiger partial charge in [0.05, 0.1) is 0 Å². The lowest BCUT2D eigenvalue weighted by atomic mass is 10.0. The van der Waals surface area contributed by atoms with Gasteiger partial charge in [0.1, 0.15) is 0 Å². The van der Waals surface area contributed by atoms with Crippen molar-refractivity contribution in [3.8, 4) is 0 Å². The molecule has 0 saturated heterocycles. The molecular formula is C19H19NS. The van der Waals surface area contributed by atoms with Crippen LogP contribution in [0.25, 0.3) is 16.8 Å². The van der Waals surface area contributed by atoms with Crippen molar-refractivity contribution in [2.45, 2.75) is 6.54 Å². The summed E-state index contributed by atoms with van der Waals surface area (Å²) in [4.78, 5) is 3.65. The molecular weight excluding hydrogens is 274 g/mol. The smallest absolute Gasteiger partial charge is 0.0267 e. The molecule has 0 aliphatic rings. The van der Waals surface area contributed by atoms with Crippen molar-refractivity contribution >= 4 is 28.2 Å². The normalized spacial score (nSPS) is 11.7. The molecule has 1 heterocycles. The van der Waals surface area contributed by atoms with Crippen LogP contribution in [0.4, 0.5) is 0 Å². The maximum Gasteiger partial charge on any atom is 0.0267 e. The molecule has 0 fully saturated rings. The van der Waals surface area contributed by atoms with Crippen LogP contribution in [0.1, 0.15) is 10.4 Å². The van der Waals surface area contributed by atoms with E-state index in [-0.39, 0.29) is 0 Å². The first-order chi connectivity index (χ1) is 10.3. The summed E-state index contributed by atoms with van der Waals surface area (Å²) in [5.74, 6) is 0. The largest absolute Gasteiger partial charge is 0.298 e. The lowest BCUT2D eigenvalue weighted by Gasteiger charge is -2.16. The number of likely N-dealkylation sites (N-methyl/N-ethyl adjacent to an activating group) is 1. The van der Waals surface area contributed by atoms with E-state index in [2.05, 4.69) is 84.1 Å². The Morgan fingerprint density at radius 2 is 1.86 bits per heavy atom. The van der Waals surface area contributed by atoms with Gasteiger partial charge in [0, 0.05) is 18.0 Å². The summed E-state index contributed by atoms with van der Waals surface area (Å²) < 4.78 is 0. The molecule has 2 aromatic carbocycles. The number of benzene rings is 2. The molecule has 106 valence electrons. The van der Waals surface area contributed by atoms with Crippen LogP contribution in [0, 0.1) is 0 Å². The SMILES string of the molecule is CN(C/C=C/c1cccs1)Cc1cccc2ccccc12. The van der Waals surface area contributed by atoms with Crippen LogP contribution < -0.4 is 0 Å². The molecule has 1 aromatic heterocycles. The van der Waals surface area contributed by atoms with Crippen molar-refractivity contribution in [2.24, 2.45) is 0 Å². The second-order valence-corrected chi connectivity index (χ2v) is 6.23. The number of nitrogens with zero attached hydrogens (tertiary/aromatic N) is 1. The fraction of sp³-hybridized carbons (Fsp3) is 0.158. The molecule has 0 spiro atoms. The number of hydrogen-bond acceptors (Lipinski definition) is 2. The Balaban J connectivity index is 1.67. The topological polar surface area (TPSA) is 3.24 Å². The maximum atomic E-state index is 2.34. The van der Waals surface area contributed by atoms with Crippen LogP contribution in [-0.4, -0.2) is 18.5 Å². The summed E-state index contributed by atoms with van der Waals surface area (Å²) in [7, 11) is 2.17. The number of thiophene rings is 1. The van der Waals surface area contributed by atoms with Crippen molar-refractivity contribution in [3.63, 3.8) is 0 Å². The molecule has 0 aliphatic heterocycles. The minimum absolute atomic E-state index is 0.959. The highest BCUT2D eigenvalue weighted by atomic mass is 32.1. The number of hydrogen-bond donors (Lipinski definition) is 0. The van der Waals surface area contributed by atoms with E-state index < -0.39 is 0 Å². The molecule has 3 rings (SSSR count). The van der Waals surface area contributed by atoms with E-state index >= 15 is 0 Å². The third kappa shape index (κ3) is 3.60. The minimum Gasteiger partial charge on any atom is -0.298 e. The molecule has 0 aliphatic carbocycles. The third-order valence-corrected chi connectivity index (χ3v) is 4.40. The lowest BCUT2D eigenvalue weighted by Crippen LogP contribution is -2.17. The summed E-state index contributed by atoms with van der Waals surface area (Å²) in [6, 6.07) is 19.4. The van der Waals surface area contributed by atoms with Crippen LogP contribution in [0.3, 0.4) is 0 Å². The first-order valence-electron chi connectivity index (χ1n) is 7.18. The molecule has 0 saturated carbocycles. The first kappa shape index (κ1) is 14.1. The fourth-order valence-corrected chi connectivity index (χ4v) is 3.17. The molecule has 21 heavy (non-hydrogen) atoms. The molecule has 1 nitrogen and oxygen atoms in total. The number of fused-ring (bicyclic) bond motifs is 1. The van der Waals surface area contributed by atoms with E-state index in [4.69, 9.17) is 0 Å². The molecule has 0 unspecified atom stereocenters. The first-order valence-corrected chi connectivity index (χ1v) is 8.06. The zero-order chi connectivity index (χ0) is 14.5. The molecule has 0 bridgehead atoms. The summed E-state index contributed by atoms with van der Waals surface area (Å²) in [6.45, 7) is 1.93. The Labute approximate surface area is 130 Å². The van der Waals surface area contributed by atoms with Crippen molar-refractivity contribution in [2.75, 3.05) is 13.6 Å². The molecule has 3 aromatic rings. The van der Waals surface area contributed by atoms with Crippen LogP contribution in [-0.2, 0) is 6.54 Å². The van der Waals surface area contributed by atoms with Gasteiger partial charge in [0.15, 0.2) is 0 Å². The Kier molecular flexibility index (Phi) is 4.49. The van der Waals surface area contributed by atoms with Gasteiger partial charge in [-0.25, -0.2) is 0 Å². The van der Waals surface area contributed by atoms with Gasteiger partial charge < -0.3 is 0 Å². The predicted octanol–water partition coefficient (Wildman–Crippen LogP) is 5.05. The molecule has 2 heteroatoms. The summed E-state index contributed by atoms with van der Waals surface area (Å²) >= 11 is 1.78. The predicted molar refractivity (Wildman–Crippen MR) is 93.6 cm³/mol. The van der Waals surface area contributed by atoms with Crippen LogP contribution in [0.2, 0.25) is 0 Å². The minimum atomic E-state index is 0.959. The van der Waals surface area contributed by atoms with Gasteiger partial charge in [-0.15, -0.1) is 11.3 Å². The standard InChI is InChI=1S/C19H19NS/c1-20(13-5-10-18-11-6-14-21-18)15-17-9-4-8-16-7-2-3-12-19(16)17/h2-12,14H,13,15H2,1H3/b10-5+. The van der Waals surface area contributed by atoms with Crippen LogP contribution >= 0.6 is 11.3 Å². The summed E-state index contributed by atoms with van der Waals surface area (Å²) in [5.41, 5.74) is 1.39. The monoisotopic (exact) mass is 293 g/mol. The second-order valence-electron chi connectivity index (χ2n) is 5.25. The van der Waals surface area contributed by atoms with E-state index in [9.17, 15) is 0 Å². The van der Waals surface area contributed by atoms with Crippen molar-refractivity contribution < 1.29 is 0 Å². The average molecular weight is 293 g/mol. The van der Waals surface area contributed by atoms with Crippen molar-refractivity contribution in [1.82, 2.24) is 4.90 Å². The van der Waals surface area contributed by atoms with E-state index in [1.165, 1.54) is 21.2 Å². The highest BCUT2D eigenvalue weighted by Crippen LogP contribution is 2.19. The molecule has 0 N–H and O–H groups in total. The lowest BCUT2D eigenvalue weighted by molar-refractivity contribution is 0.365. The zero-order valence-corrected chi connectivity index (χ0v) is 13.0. The van der Waals surface area contributed by atoms with E-state index in [0.29, 0.717) is 0 Å². The van der Waals surface area contributed by atoms with Crippen molar-refractivity contribution in [3.05, 3.63) is 76.5 Å². The van der Waals surface area contributed by atoms with Gasteiger partial charge in [0.2, 0.25) is 0 Å². The Bertz CT molecular complexity index is 723. The van der Waals surface area contributed by atoms with Crippen LogP contribution in [0.15, 0.2) is 66.1 Å². The van der Waals surface area contributed by atoms with Crippen LogP contribution in [0.5, 0.6) is 0 Å². The number of rotatable bonds is 5. The molecule has 0 radical (unpaired) electrons. The van der Waals surface area contributed by atoms with Gasteiger partial charge >= 0.3 is 0 Å². The van der Waals surface area contributed by atoms with E-state index in [1.807, 2.05) is 0 Å². The van der Waals surface area contributed by atoms with E-state index in [1.54, 1.807) is 11.3 Å². The average Bonchev–Trinajstić information content (AvgIpc) is 3.01. The van der Waals surface area contributed by atoms with Gasteiger partial charge in [-0.2, -0.15) is 0 Å². The molecule has 0 amide bonds. The Morgan fingerprint density at radius 3 is 2.71 bits per heavy atom. The van der Waals surface area contributed by atoms with Crippen molar-refractivity contribution in [1.29, 1.82) is 0 Å². The summed E-state index contributed by atoms with van der Waals surface area (Å²) in [6.07, 6.45) is 4.43. The highest BCUT2D eigenvalue weighted by molar-refractivity contribution is 7.10. The molecule has 0 atom stereocenters. The third-order valence-electron chi connectivity index (χ3n) is 3.56.